The summed E-state index contributed by atoms with van der Waals surface area (Å²) in [6.45, 7) is 1.33. The molecule has 28 heavy (non-hydrogen) atoms. The predicted octanol–water partition coefficient (Wildman–Crippen LogP) is 4.22. The second-order valence-electron chi connectivity index (χ2n) is 6.98. The van der Waals surface area contributed by atoms with Gasteiger partial charge in [0.15, 0.2) is 0 Å². The number of nitrogens with zero attached hydrogens (tertiary/aromatic N) is 2. The molecule has 0 unspecified atom stereocenters. The van der Waals surface area contributed by atoms with Crippen molar-refractivity contribution < 1.29 is 4.79 Å². The fourth-order valence-electron chi connectivity index (χ4n) is 3.40. The molecular weight excluding hydrogens is 372 g/mol. The van der Waals surface area contributed by atoms with Crippen molar-refractivity contribution in [3.05, 3.63) is 70.9 Å². The summed E-state index contributed by atoms with van der Waals surface area (Å²) in [6.07, 6.45) is 4.32. The molecule has 3 N–H and O–H groups in total. The van der Waals surface area contributed by atoms with Gasteiger partial charge < -0.3 is 16.0 Å². The minimum absolute atomic E-state index is 0.0643. The van der Waals surface area contributed by atoms with Crippen molar-refractivity contribution >= 4 is 28.9 Å². The SMILES string of the molecule is N#C/C(=C/Nc1ccc(N)cc1Cl)C(=O)N1CCC(Cc2ccccc2)CC1. The molecule has 0 radical (unpaired) electrons. The van der Waals surface area contributed by atoms with Crippen molar-refractivity contribution in [2.75, 3.05) is 24.1 Å². The molecule has 0 saturated carbocycles. The number of nitrogen functional groups attached to an aromatic ring is 1. The number of piperidine rings is 1. The van der Waals surface area contributed by atoms with E-state index in [9.17, 15) is 10.1 Å². The molecule has 5 nitrogen and oxygen atoms in total. The number of nitrogens with two attached hydrogens (primary N) is 1. The number of nitriles is 1. The number of nitrogens with one attached hydrogen (secondary N) is 1. The summed E-state index contributed by atoms with van der Waals surface area (Å²) < 4.78 is 0. The average molecular weight is 395 g/mol. The van der Waals surface area contributed by atoms with E-state index >= 15 is 0 Å². The Balaban J connectivity index is 1.57. The zero-order chi connectivity index (χ0) is 19.9. The van der Waals surface area contributed by atoms with Crippen LogP contribution < -0.4 is 11.1 Å². The number of hydrogen-bond acceptors (Lipinski definition) is 4. The first kappa shape index (κ1) is 19.8. The van der Waals surface area contributed by atoms with Gasteiger partial charge in [0, 0.05) is 25.0 Å². The number of carbonyl (C=O) groups is 1. The summed E-state index contributed by atoms with van der Waals surface area (Å²) in [5, 5.41) is 12.8. The first-order valence-electron chi connectivity index (χ1n) is 9.32. The van der Waals surface area contributed by atoms with E-state index in [1.54, 1.807) is 23.1 Å². The molecule has 0 aromatic heterocycles. The first-order chi connectivity index (χ1) is 13.6. The Bertz CT molecular complexity index is 896. The van der Waals surface area contributed by atoms with Gasteiger partial charge in [-0.2, -0.15) is 5.26 Å². The zero-order valence-corrected chi connectivity index (χ0v) is 16.3. The van der Waals surface area contributed by atoms with E-state index in [-0.39, 0.29) is 11.5 Å². The van der Waals surface area contributed by atoms with Gasteiger partial charge in [0.05, 0.1) is 10.7 Å². The van der Waals surface area contributed by atoms with Crippen LogP contribution in [0.4, 0.5) is 11.4 Å². The van der Waals surface area contributed by atoms with Gasteiger partial charge in [-0.15, -0.1) is 0 Å². The number of benzene rings is 2. The topological polar surface area (TPSA) is 82.1 Å². The third-order valence-electron chi connectivity index (χ3n) is 4.98. The lowest BCUT2D eigenvalue weighted by atomic mass is 9.90. The van der Waals surface area contributed by atoms with Gasteiger partial charge in [-0.3, -0.25) is 4.79 Å². The molecule has 2 aromatic carbocycles. The highest BCUT2D eigenvalue weighted by Crippen LogP contribution is 2.25. The van der Waals surface area contributed by atoms with E-state index in [1.165, 1.54) is 11.8 Å². The van der Waals surface area contributed by atoms with Gasteiger partial charge >= 0.3 is 0 Å². The zero-order valence-electron chi connectivity index (χ0n) is 15.6. The molecule has 0 aliphatic carbocycles. The minimum atomic E-state index is -0.250. The van der Waals surface area contributed by atoms with E-state index in [0.29, 0.717) is 35.4 Å². The number of likely N-dealkylation sites (tertiary alicyclic amines) is 1. The van der Waals surface area contributed by atoms with Gasteiger partial charge in [0.25, 0.3) is 5.91 Å². The maximum Gasteiger partial charge on any atom is 0.266 e. The fourth-order valence-corrected chi connectivity index (χ4v) is 3.64. The van der Waals surface area contributed by atoms with Gasteiger partial charge in [0.1, 0.15) is 11.6 Å². The molecule has 144 valence electrons. The van der Waals surface area contributed by atoms with E-state index < -0.39 is 0 Å². The second kappa shape index (κ2) is 9.29. The standard InChI is InChI=1S/C22H23ClN4O/c23-20-13-19(25)6-7-21(20)26-15-18(14-24)22(28)27-10-8-17(9-11-27)12-16-4-2-1-3-5-16/h1-7,13,15,17,26H,8-12,25H2/b18-15-. The van der Waals surface area contributed by atoms with E-state index in [2.05, 4.69) is 29.6 Å². The second-order valence-corrected chi connectivity index (χ2v) is 7.39. The van der Waals surface area contributed by atoms with Gasteiger partial charge in [-0.25, -0.2) is 0 Å². The molecule has 1 aliphatic heterocycles. The third-order valence-corrected chi connectivity index (χ3v) is 5.30. The first-order valence-corrected chi connectivity index (χ1v) is 9.69. The summed E-state index contributed by atoms with van der Waals surface area (Å²) in [5.41, 5.74) is 8.21. The van der Waals surface area contributed by atoms with Crippen LogP contribution in [0.15, 0.2) is 60.3 Å². The lowest BCUT2D eigenvalue weighted by Crippen LogP contribution is -2.39. The van der Waals surface area contributed by atoms with Crippen molar-refractivity contribution in [3.8, 4) is 6.07 Å². The Morgan fingerprint density at radius 2 is 1.96 bits per heavy atom. The third kappa shape index (κ3) is 5.05. The van der Waals surface area contributed by atoms with Crippen molar-refractivity contribution in [1.82, 2.24) is 4.90 Å². The lowest BCUT2D eigenvalue weighted by Gasteiger charge is -2.32. The van der Waals surface area contributed by atoms with E-state index in [4.69, 9.17) is 17.3 Å². The van der Waals surface area contributed by atoms with Crippen molar-refractivity contribution in [1.29, 1.82) is 5.26 Å². The summed E-state index contributed by atoms with van der Waals surface area (Å²) in [4.78, 5) is 14.4. The van der Waals surface area contributed by atoms with Crippen LogP contribution in [0.5, 0.6) is 0 Å². The number of anilines is 2. The Morgan fingerprint density at radius 3 is 2.61 bits per heavy atom. The average Bonchev–Trinajstić information content (AvgIpc) is 2.71. The van der Waals surface area contributed by atoms with Crippen molar-refractivity contribution in [2.45, 2.75) is 19.3 Å². The van der Waals surface area contributed by atoms with Crippen LogP contribution in [0.1, 0.15) is 18.4 Å². The highest BCUT2D eigenvalue weighted by molar-refractivity contribution is 6.33. The van der Waals surface area contributed by atoms with Crippen LogP contribution in [-0.4, -0.2) is 23.9 Å². The van der Waals surface area contributed by atoms with E-state index in [0.717, 1.165) is 19.3 Å². The normalized spacial score (nSPS) is 15.1. The molecule has 2 aromatic rings. The molecule has 0 bridgehead atoms. The number of carbonyl (C=O) groups excluding carboxylic acids is 1. The highest BCUT2D eigenvalue weighted by Gasteiger charge is 2.25. The maximum absolute atomic E-state index is 12.7. The summed E-state index contributed by atoms with van der Waals surface area (Å²) in [5.74, 6) is 0.312. The smallest absolute Gasteiger partial charge is 0.266 e. The van der Waals surface area contributed by atoms with Crippen LogP contribution in [0, 0.1) is 17.2 Å². The molecule has 1 aliphatic rings. The number of halogens is 1. The van der Waals surface area contributed by atoms with E-state index in [1.807, 2.05) is 12.1 Å². The van der Waals surface area contributed by atoms with Crippen LogP contribution in [-0.2, 0) is 11.2 Å². The van der Waals surface area contributed by atoms with Crippen LogP contribution >= 0.6 is 11.6 Å². The minimum Gasteiger partial charge on any atom is -0.399 e. The summed E-state index contributed by atoms with van der Waals surface area (Å²) in [6, 6.07) is 17.4. The number of rotatable bonds is 5. The highest BCUT2D eigenvalue weighted by atomic mass is 35.5. The van der Waals surface area contributed by atoms with Gasteiger partial charge in [-0.05, 0) is 48.9 Å². The molecule has 3 rings (SSSR count). The Kier molecular flexibility index (Phi) is 6.57. The van der Waals surface area contributed by atoms with Crippen molar-refractivity contribution in [2.24, 2.45) is 5.92 Å². The van der Waals surface area contributed by atoms with Crippen LogP contribution in [0.3, 0.4) is 0 Å². The summed E-state index contributed by atoms with van der Waals surface area (Å²) >= 11 is 6.12. The molecule has 1 fully saturated rings. The molecule has 1 amide bonds. The summed E-state index contributed by atoms with van der Waals surface area (Å²) in [7, 11) is 0. The monoisotopic (exact) mass is 394 g/mol. The maximum atomic E-state index is 12.7. The van der Waals surface area contributed by atoms with Crippen molar-refractivity contribution in [3.63, 3.8) is 0 Å². The largest absolute Gasteiger partial charge is 0.399 e. The predicted molar refractivity (Wildman–Crippen MR) is 113 cm³/mol. The number of hydrogen-bond donors (Lipinski definition) is 2. The Morgan fingerprint density at radius 1 is 1.25 bits per heavy atom. The molecule has 0 atom stereocenters. The molecule has 1 heterocycles. The molecule has 0 spiro atoms. The molecule has 1 saturated heterocycles. The number of amides is 1. The van der Waals surface area contributed by atoms with Gasteiger partial charge in [0.2, 0.25) is 0 Å². The fraction of sp³-hybridized carbons (Fsp3) is 0.273. The molecule has 6 heteroatoms. The lowest BCUT2D eigenvalue weighted by molar-refractivity contribution is -0.128. The molecular formula is C22H23ClN4O. The van der Waals surface area contributed by atoms with Gasteiger partial charge in [-0.1, -0.05) is 41.9 Å². The quantitative estimate of drug-likeness (QED) is 0.451. The Labute approximate surface area is 170 Å². The Hall–Kier alpha value is -2.97. The van der Waals surface area contributed by atoms with Crippen LogP contribution in [0.2, 0.25) is 5.02 Å². The van der Waals surface area contributed by atoms with Crippen LogP contribution in [0.25, 0.3) is 0 Å².